The number of nitrogens with zero attached hydrogens (tertiary/aromatic N) is 1. The predicted octanol–water partition coefficient (Wildman–Crippen LogP) is 2.29. The van der Waals surface area contributed by atoms with Crippen molar-refractivity contribution in [2.75, 3.05) is 13.1 Å². The first-order valence-corrected chi connectivity index (χ1v) is 6.04. The van der Waals surface area contributed by atoms with Gasteiger partial charge in [-0.15, -0.1) is 0 Å². The van der Waals surface area contributed by atoms with Crippen molar-refractivity contribution >= 4 is 5.78 Å². The summed E-state index contributed by atoms with van der Waals surface area (Å²) in [5, 5.41) is 3.25. The molecule has 16 heavy (non-hydrogen) atoms. The quantitative estimate of drug-likeness (QED) is 0.777. The molecule has 1 aromatic rings. The molecule has 2 heterocycles. The van der Waals surface area contributed by atoms with Crippen LogP contribution in [0.25, 0.3) is 0 Å². The maximum Gasteiger partial charge on any atom is 0.184 e. The number of hydrogen-bond donors (Lipinski definition) is 1. The van der Waals surface area contributed by atoms with Crippen LogP contribution < -0.4 is 5.32 Å². The van der Waals surface area contributed by atoms with Crippen molar-refractivity contribution < 1.29 is 4.79 Å². The van der Waals surface area contributed by atoms with E-state index < -0.39 is 0 Å². The molecule has 0 unspecified atom stereocenters. The van der Waals surface area contributed by atoms with Gasteiger partial charge in [0.1, 0.15) is 5.69 Å². The van der Waals surface area contributed by atoms with E-state index in [1.165, 1.54) is 0 Å². The zero-order chi connectivity index (χ0) is 11.8. The van der Waals surface area contributed by atoms with E-state index in [9.17, 15) is 4.79 Å². The molecule has 0 spiro atoms. The SMILES string of the molecule is CC.O=C(c1ccccn1)C1CCNCC1. The Morgan fingerprint density at radius 2 is 2.00 bits per heavy atom. The van der Waals surface area contributed by atoms with Crippen molar-refractivity contribution in [2.24, 2.45) is 5.92 Å². The highest BCUT2D eigenvalue weighted by molar-refractivity contribution is 5.96. The maximum absolute atomic E-state index is 11.9. The third kappa shape index (κ3) is 3.42. The molecule has 1 aliphatic heterocycles. The van der Waals surface area contributed by atoms with Crippen LogP contribution in [0.3, 0.4) is 0 Å². The molecule has 0 aromatic carbocycles. The van der Waals surface area contributed by atoms with Crippen molar-refractivity contribution in [3.63, 3.8) is 0 Å². The lowest BCUT2D eigenvalue weighted by molar-refractivity contribution is 0.0890. The normalized spacial score (nSPS) is 16.1. The Labute approximate surface area is 97.3 Å². The highest BCUT2D eigenvalue weighted by Gasteiger charge is 2.22. The molecular formula is C13H20N2O. The number of piperidine rings is 1. The van der Waals surface area contributed by atoms with E-state index in [0.717, 1.165) is 25.9 Å². The number of carbonyl (C=O) groups is 1. The molecule has 3 heteroatoms. The lowest BCUT2D eigenvalue weighted by atomic mass is 9.92. The fourth-order valence-electron chi connectivity index (χ4n) is 1.80. The van der Waals surface area contributed by atoms with Gasteiger partial charge in [0.2, 0.25) is 0 Å². The highest BCUT2D eigenvalue weighted by Crippen LogP contribution is 2.16. The number of Topliss-reactive ketones (excluding diaryl/α,β-unsaturated/α-hetero) is 1. The van der Waals surface area contributed by atoms with Crippen molar-refractivity contribution in [3.05, 3.63) is 30.1 Å². The summed E-state index contributed by atoms with van der Waals surface area (Å²) in [4.78, 5) is 16.0. The third-order valence-corrected chi connectivity index (χ3v) is 2.63. The topological polar surface area (TPSA) is 42.0 Å². The van der Waals surface area contributed by atoms with E-state index in [1.807, 2.05) is 26.0 Å². The first-order valence-electron chi connectivity index (χ1n) is 6.04. The first kappa shape index (κ1) is 12.8. The van der Waals surface area contributed by atoms with Crippen molar-refractivity contribution in [1.82, 2.24) is 10.3 Å². The first-order chi connectivity index (χ1) is 7.88. The van der Waals surface area contributed by atoms with Gasteiger partial charge >= 0.3 is 0 Å². The number of carbonyl (C=O) groups excluding carboxylic acids is 1. The van der Waals surface area contributed by atoms with E-state index in [-0.39, 0.29) is 11.7 Å². The van der Waals surface area contributed by atoms with Crippen molar-refractivity contribution in [1.29, 1.82) is 0 Å². The van der Waals surface area contributed by atoms with E-state index in [1.54, 1.807) is 12.3 Å². The second kappa shape index (κ2) is 7.12. The van der Waals surface area contributed by atoms with Crippen LogP contribution in [0.5, 0.6) is 0 Å². The molecule has 0 bridgehead atoms. The zero-order valence-electron chi connectivity index (χ0n) is 10.1. The molecule has 0 aliphatic carbocycles. The van der Waals surface area contributed by atoms with Crippen LogP contribution >= 0.6 is 0 Å². The Hall–Kier alpha value is -1.22. The summed E-state index contributed by atoms with van der Waals surface area (Å²) in [7, 11) is 0. The number of hydrogen-bond acceptors (Lipinski definition) is 3. The standard InChI is InChI=1S/C11H14N2O.C2H6/c14-11(9-4-7-12-8-5-9)10-3-1-2-6-13-10;1-2/h1-3,6,9,12H,4-5,7-8H2;1-2H3. The lowest BCUT2D eigenvalue weighted by Crippen LogP contribution is -2.32. The summed E-state index contributed by atoms with van der Waals surface area (Å²) in [5.41, 5.74) is 0.611. The molecule has 1 saturated heterocycles. The molecule has 1 aromatic heterocycles. The number of aromatic nitrogens is 1. The Bertz CT molecular complexity index is 305. The van der Waals surface area contributed by atoms with Crippen LogP contribution in [0.4, 0.5) is 0 Å². The number of rotatable bonds is 2. The van der Waals surface area contributed by atoms with Gasteiger partial charge in [-0.3, -0.25) is 9.78 Å². The molecule has 2 rings (SSSR count). The minimum Gasteiger partial charge on any atom is -0.317 e. The second-order valence-corrected chi connectivity index (χ2v) is 3.60. The Balaban J connectivity index is 0.000000606. The van der Waals surface area contributed by atoms with E-state index >= 15 is 0 Å². The molecule has 1 fully saturated rings. The van der Waals surface area contributed by atoms with Gasteiger partial charge in [0.15, 0.2) is 5.78 Å². The maximum atomic E-state index is 11.9. The fourth-order valence-corrected chi connectivity index (χ4v) is 1.80. The summed E-state index contributed by atoms with van der Waals surface area (Å²) in [5.74, 6) is 0.373. The predicted molar refractivity (Wildman–Crippen MR) is 65.5 cm³/mol. The molecule has 1 N–H and O–H groups in total. The van der Waals surface area contributed by atoms with Gasteiger partial charge in [-0.1, -0.05) is 19.9 Å². The zero-order valence-corrected chi connectivity index (χ0v) is 10.1. The van der Waals surface area contributed by atoms with Crippen molar-refractivity contribution in [2.45, 2.75) is 26.7 Å². The van der Waals surface area contributed by atoms with E-state index in [0.29, 0.717) is 5.69 Å². The average molecular weight is 220 g/mol. The number of pyridine rings is 1. The van der Waals surface area contributed by atoms with Gasteiger partial charge < -0.3 is 5.32 Å². The molecule has 0 saturated carbocycles. The van der Waals surface area contributed by atoms with Crippen LogP contribution in [-0.4, -0.2) is 23.9 Å². The minimum atomic E-state index is 0.172. The third-order valence-electron chi connectivity index (χ3n) is 2.63. The number of nitrogens with one attached hydrogen (secondary N) is 1. The van der Waals surface area contributed by atoms with Crippen LogP contribution in [0.2, 0.25) is 0 Å². The van der Waals surface area contributed by atoms with Crippen LogP contribution in [0.1, 0.15) is 37.2 Å². The van der Waals surface area contributed by atoms with E-state index in [4.69, 9.17) is 0 Å². The van der Waals surface area contributed by atoms with Crippen molar-refractivity contribution in [3.8, 4) is 0 Å². The van der Waals surface area contributed by atoms with E-state index in [2.05, 4.69) is 10.3 Å². The molecule has 88 valence electrons. The average Bonchev–Trinajstić information content (AvgIpc) is 2.42. The van der Waals surface area contributed by atoms with Crippen LogP contribution in [-0.2, 0) is 0 Å². The molecule has 1 aliphatic rings. The fraction of sp³-hybridized carbons (Fsp3) is 0.538. The molecule has 0 radical (unpaired) electrons. The summed E-state index contributed by atoms with van der Waals surface area (Å²) in [6, 6.07) is 5.49. The summed E-state index contributed by atoms with van der Waals surface area (Å²) in [6.07, 6.45) is 3.55. The van der Waals surface area contributed by atoms with Gasteiger partial charge in [-0.05, 0) is 38.1 Å². The molecule has 0 atom stereocenters. The van der Waals surface area contributed by atoms with Gasteiger partial charge in [0, 0.05) is 12.1 Å². The minimum absolute atomic E-state index is 0.172. The molecular weight excluding hydrogens is 200 g/mol. The largest absolute Gasteiger partial charge is 0.317 e. The number of ketones is 1. The monoisotopic (exact) mass is 220 g/mol. The summed E-state index contributed by atoms with van der Waals surface area (Å²) in [6.45, 7) is 5.90. The van der Waals surface area contributed by atoms with Crippen LogP contribution in [0, 0.1) is 5.92 Å². The summed E-state index contributed by atoms with van der Waals surface area (Å²) < 4.78 is 0. The molecule has 3 nitrogen and oxygen atoms in total. The summed E-state index contributed by atoms with van der Waals surface area (Å²) >= 11 is 0. The van der Waals surface area contributed by atoms with Gasteiger partial charge in [-0.25, -0.2) is 0 Å². The highest BCUT2D eigenvalue weighted by atomic mass is 16.1. The molecule has 0 amide bonds. The Kier molecular flexibility index (Phi) is 5.72. The second-order valence-electron chi connectivity index (χ2n) is 3.60. The Morgan fingerprint density at radius 1 is 1.31 bits per heavy atom. The smallest absolute Gasteiger partial charge is 0.184 e. The lowest BCUT2D eigenvalue weighted by Gasteiger charge is -2.20. The van der Waals surface area contributed by atoms with Gasteiger partial charge in [-0.2, -0.15) is 0 Å². The Morgan fingerprint density at radius 3 is 2.56 bits per heavy atom. The van der Waals surface area contributed by atoms with Gasteiger partial charge in [0.05, 0.1) is 0 Å². The van der Waals surface area contributed by atoms with Gasteiger partial charge in [0.25, 0.3) is 0 Å². The van der Waals surface area contributed by atoms with Crippen LogP contribution in [0.15, 0.2) is 24.4 Å².